The van der Waals surface area contributed by atoms with Crippen molar-refractivity contribution in [2.45, 2.75) is 17.1 Å². The molecule has 1 aromatic carbocycles. The molecular formula is C9H8FNO4S. The van der Waals surface area contributed by atoms with Crippen LogP contribution in [-0.4, -0.2) is 21.2 Å². The molecule has 1 atom stereocenters. The Morgan fingerprint density at radius 3 is 2.75 bits per heavy atom. The van der Waals surface area contributed by atoms with E-state index in [0.717, 1.165) is 12.1 Å². The minimum atomic E-state index is -1.15. The summed E-state index contributed by atoms with van der Waals surface area (Å²) in [7, 11) is 0. The highest BCUT2D eigenvalue weighted by molar-refractivity contribution is 8.00. The van der Waals surface area contributed by atoms with Crippen LogP contribution in [0.2, 0.25) is 0 Å². The maximum atomic E-state index is 13.3. The molecule has 7 heteroatoms. The van der Waals surface area contributed by atoms with Gasteiger partial charge in [-0.2, -0.15) is 0 Å². The molecule has 1 unspecified atom stereocenters. The first-order valence-corrected chi connectivity index (χ1v) is 5.13. The Kier molecular flexibility index (Phi) is 3.83. The Hall–Kier alpha value is -1.63. The first kappa shape index (κ1) is 12.4. The van der Waals surface area contributed by atoms with Crippen LogP contribution in [0.15, 0.2) is 23.1 Å². The van der Waals surface area contributed by atoms with Gasteiger partial charge < -0.3 is 5.11 Å². The van der Waals surface area contributed by atoms with Gasteiger partial charge in [0.15, 0.2) is 0 Å². The van der Waals surface area contributed by atoms with E-state index in [1.165, 1.54) is 13.0 Å². The van der Waals surface area contributed by atoms with Gasteiger partial charge in [-0.05, 0) is 13.0 Å². The lowest BCUT2D eigenvalue weighted by molar-refractivity contribution is -0.388. The van der Waals surface area contributed by atoms with E-state index in [2.05, 4.69) is 0 Å². The zero-order valence-electron chi connectivity index (χ0n) is 8.21. The molecular weight excluding hydrogens is 237 g/mol. The number of carbonyl (C=O) groups is 1. The quantitative estimate of drug-likeness (QED) is 0.500. The van der Waals surface area contributed by atoms with Gasteiger partial charge >= 0.3 is 5.97 Å². The Bertz CT molecular complexity index is 438. The van der Waals surface area contributed by atoms with Gasteiger partial charge in [0.25, 0.3) is 5.69 Å². The molecule has 0 spiro atoms. The van der Waals surface area contributed by atoms with E-state index < -0.39 is 27.6 Å². The van der Waals surface area contributed by atoms with Crippen LogP contribution in [0.3, 0.4) is 0 Å². The molecule has 86 valence electrons. The molecule has 0 aliphatic carbocycles. The summed E-state index contributed by atoms with van der Waals surface area (Å²) in [5.41, 5.74) is -0.418. The van der Waals surface area contributed by atoms with Crippen molar-refractivity contribution in [3.63, 3.8) is 0 Å². The molecule has 0 aromatic heterocycles. The van der Waals surface area contributed by atoms with Gasteiger partial charge in [-0.15, -0.1) is 11.8 Å². The van der Waals surface area contributed by atoms with E-state index in [4.69, 9.17) is 5.11 Å². The average Bonchev–Trinajstić information content (AvgIpc) is 2.20. The van der Waals surface area contributed by atoms with E-state index in [9.17, 15) is 19.3 Å². The van der Waals surface area contributed by atoms with E-state index in [-0.39, 0.29) is 4.90 Å². The molecule has 0 saturated carbocycles. The minimum absolute atomic E-state index is 0.248. The van der Waals surface area contributed by atoms with Gasteiger partial charge in [-0.25, -0.2) is 4.39 Å². The lowest BCUT2D eigenvalue weighted by Gasteiger charge is -2.07. The molecule has 0 fully saturated rings. The summed E-state index contributed by atoms with van der Waals surface area (Å²) in [4.78, 5) is 20.2. The van der Waals surface area contributed by atoms with Crippen molar-refractivity contribution in [1.29, 1.82) is 0 Å². The van der Waals surface area contributed by atoms with Gasteiger partial charge in [-0.3, -0.25) is 14.9 Å². The number of nitro benzene ring substituents is 1. The molecule has 0 heterocycles. The van der Waals surface area contributed by atoms with Crippen molar-refractivity contribution in [3.05, 3.63) is 34.1 Å². The second-order valence-electron chi connectivity index (χ2n) is 2.94. The molecule has 0 saturated heterocycles. The van der Waals surface area contributed by atoms with Crippen LogP contribution >= 0.6 is 11.8 Å². The molecule has 1 rings (SSSR count). The van der Waals surface area contributed by atoms with Crippen molar-refractivity contribution in [2.75, 3.05) is 0 Å². The van der Waals surface area contributed by atoms with Gasteiger partial charge in [0, 0.05) is 6.07 Å². The Balaban J connectivity index is 3.11. The van der Waals surface area contributed by atoms with Gasteiger partial charge in [0.1, 0.15) is 16.0 Å². The van der Waals surface area contributed by atoms with Crippen LogP contribution in [0.4, 0.5) is 10.1 Å². The number of carboxylic acid groups (broad SMARTS) is 1. The number of halogens is 1. The third-order valence-corrected chi connectivity index (χ3v) is 2.98. The number of aliphatic carboxylic acids is 1. The number of rotatable bonds is 4. The lowest BCUT2D eigenvalue weighted by atomic mass is 10.3. The van der Waals surface area contributed by atoms with E-state index in [1.807, 2.05) is 0 Å². The number of nitrogens with zero attached hydrogens (tertiary/aromatic N) is 1. The number of nitro groups is 1. The monoisotopic (exact) mass is 245 g/mol. The van der Waals surface area contributed by atoms with Crippen LogP contribution in [0.1, 0.15) is 6.92 Å². The van der Waals surface area contributed by atoms with E-state index in [0.29, 0.717) is 11.8 Å². The van der Waals surface area contributed by atoms with Crippen molar-refractivity contribution in [3.8, 4) is 0 Å². The highest BCUT2D eigenvalue weighted by Gasteiger charge is 2.23. The molecule has 0 radical (unpaired) electrons. The molecule has 5 nitrogen and oxygen atoms in total. The van der Waals surface area contributed by atoms with E-state index >= 15 is 0 Å². The topological polar surface area (TPSA) is 80.4 Å². The second-order valence-corrected chi connectivity index (χ2v) is 4.29. The normalized spacial score (nSPS) is 12.1. The third-order valence-electron chi connectivity index (χ3n) is 1.79. The van der Waals surface area contributed by atoms with Crippen LogP contribution in [0, 0.1) is 15.9 Å². The molecule has 0 amide bonds. The number of thioether (sulfide) groups is 1. The third kappa shape index (κ3) is 2.69. The van der Waals surface area contributed by atoms with E-state index in [1.54, 1.807) is 0 Å². The standard InChI is InChI=1S/C9H8FNO4S/c1-5(9(12)13)16-8-6(10)3-2-4-7(8)11(14)15/h2-5H,1H3,(H,12,13). The maximum absolute atomic E-state index is 13.3. The molecule has 0 aliphatic heterocycles. The lowest BCUT2D eigenvalue weighted by Crippen LogP contribution is -2.12. The summed E-state index contributed by atoms with van der Waals surface area (Å²) in [5.74, 6) is -1.94. The van der Waals surface area contributed by atoms with Crippen LogP contribution < -0.4 is 0 Å². The Morgan fingerprint density at radius 1 is 1.62 bits per heavy atom. The summed E-state index contributed by atoms with van der Waals surface area (Å²) in [6, 6.07) is 3.41. The first-order chi connectivity index (χ1) is 7.43. The largest absolute Gasteiger partial charge is 0.480 e. The Labute approximate surface area is 94.4 Å². The van der Waals surface area contributed by atoms with Crippen molar-refractivity contribution in [2.24, 2.45) is 0 Å². The van der Waals surface area contributed by atoms with Crippen LogP contribution in [-0.2, 0) is 4.79 Å². The fourth-order valence-electron chi connectivity index (χ4n) is 0.985. The SMILES string of the molecule is CC(Sc1c(F)cccc1[N+](=O)[O-])C(=O)O. The number of hydrogen-bond acceptors (Lipinski definition) is 4. The van der Waals surface area contributed by atoms with Crippen LogP contribution in [0.25, 0.3) is 0 Å². The summed E-state index contributed by atoms with van der Waals surface area (Å²) < 4.78 is 13.3. The fourth-order valence-corrected chi connectivity index (χ4v) is 1.88. The molecule has 1 N–H and O–H groups in total. The minimum Gasteiger partial charge on any atom is -0.480 e. The van der Waals surface area contributed by atoms with Gasteiger partial charge in [0.05, 0.1) is 4.92 Å². The number of carboxylic acids is 1. The predicted molar refractivity (Wildman–Crippen MR) is 56.0 cm³/mol. The number of hydrogen-bond donors (Lipinski definition) is 1. The van der Waals surface area contributed by atoms with Gasteiger partial charge in [0.2, 0.25) is 0 Å². The summed E-state index contributed by atoms with van der Waals surface area (Å²) >= 11 is 0.617. The fraction of sp³-hybridized carbons (Fsp3) is 0.222. The zero-order valence-corrected chi connectivity index (χ0v) is 9.03. The van der Waals surface area contributed by atoms with Gasteiger partial charge in [-0.1, -0.05) is 6.07 Å². The molecule has 0 aliphatic rings. The highest BCUT2D eigenvalue weighted by atomic mass is 32.2. The highest BCUT2D eigenvalue weighted by Crippen LogP contribution is 2.34. The average molecular weight is 245 g/mol. The molecule has 1 aromatic rings. The predicted octanol–water partition coefficient (Wildman–Crippen LogP) is 2.30. The zero-order chi connectivity index (χ0) is 12.3. The first-order valence-electron chi connectivity index (χ1n) is 4.26. The van der Waals surface area contributed by atoms with Crippen molar-refractivity contribution in [1.82, 2.24) is 0 Å². The summed E-state index contributed by atoms with van der Waals surface area (Å²) in [6.07, 6.45) is 0. The smallest absolute Gasteiger partial charge is 0.316 e. The second kappa shape index (κ2) is 4.93. The number of benzene rings is 1. The van der Waals surface area contributed by atoms with Crippen molar-refractivity contribution < 1.29 is 19.2 Å². The molecule has 16 heavy (non-hydrogen) atoms. The maximum Gasteiger partial charge on any atom is 0.316 e. The summed E-state index contributed by atoms with van der Waals surface area (Å²) in [5, 5.41) is 18.3. The van der Waals surface area contributed by atoms with Crippen LogP contribution in [0.5, 0.6) is 0 Å². The van der Waals surface area contributed by atoms with Crippen molar-refractivity contribution >= 4 is 23.4 Å². The summed E-state index contributed by atoms with van der Waals surface area (Å²) in [6.45, 7) is 1.34. The molecule has 0 bridgehead atoms. The Morgan fingerprint density at radius 2 is 2.25 bits per heavy atom.